The maximum atomic E-state index is 13.3. The number of nitrogens with zero attached hydrogens (tertiary/aromatic N) is 4. The van der Waals surface area contributed by atoms with Crippen LogP contribution >= 0.6 is 11.8 Å². The molecule has 0 unspecified atom stereocenters. The number of carbonyl (C=O) groups is 2. The molecule has 1 amide bonds. The molecule has 0 N–H and O–H groups in total. The molecule has 0 aliphatic heterocycles. The smallest absolute Gasteiger partial charge is 0.316 e. The van der Waals surface area contributed by atoms with Gasteiger partial charge in [-0.2, -0.15) is 0 Å². The standard InChI is InChI=1S/C22H23FN4O3S/c1-3-26(4-2)19(28)14-30-20(29)15-31-22-25-24-21(16-10-12-17(23)13-11-16)27(22)18-8-6-5-7-9-18/h5-13H,3-4,14-15H2,1-2H3. The first-order valence-corrected chi connectivity index (χ1v) is 10.8. The number of carbonyl (C=O) groups excluding carboxylic acids is 2. The Hall–Kier alpha value is -3.20. The fourth-order valence-corrected chi connectivity index (χ4v) is 3.68. The van der Waals surface area contributed by atoms with Crippen molar-refractivity contribution in [2.45, 2.75) is 19.0 Å². The van der Waals surface area contributed by atoms with Gasteiger partial charge in [-0.25, -0.2) is 4.39 Å². The van der Waals surface area contributed by atoms with Gasteiger partial charge >= 0.3 is 5.97 Å². The van der Waals surface area contributed by atoms with E-state index >= 15 is 0 Å². The van der Waals surface area contributed by atoms with E-state index in [0.29, 0.717) is 29.6 Å². The van der Waals surface area contributed by atoms with E-state index in [9.17, 15) is 14.0 Å². The number of esters is 1. The number of rotatable bonds is 9. The Balaban J connectivity index is 1.75. The summed E-state index contributed by atoms with van der Waals surface area (Å²) in [7, 11) is 0. The van der Waals surface area contributed by atoms with Crippen LogP contribution in [0.15, 0.2) is 59.8 Å². The van der Waals surface area contributed by atoms with E-state index in [-0.39, 0.29) is 24.1 Å². The topological polar surface area (TPSA) is 77.3 Å². The molecular formula is C22H23FN4O3S. The maximum Gasteiger partial charge on any atom is 0.316 e. The lowest BCUT2D eigenvalue weighted by molar-refractivity contribution is -0.149. The summed E-state index contributed by atoms with van der Waals surface area (Å²) in [5.74, 6) is -0.587. The van der Waals surface area contributed by atoms with Gasteiger partial charge in [0.1, 0.15) is 5.82 Å². The highest BCUT2D eigenvalue weighted by Crippen LogP contribution is 2.28. The van der Waals surface area contributed by atoms with Crippen LogP contribution in [0.25, 0.3) is 17.1 Å². The van der Waals surface area contributed by atoms with Gasteiger partial charge in [-0.3, -0.25) is 14.2 Å². The van der Waals surface area contributed by atoms with E-state index in [1.165, 1.54) is 12.1 Å². The molecule has 31 heavy (non-hydrogen) atoms. The van der Waals surface area contributed by atoms with Crippen LogP contribution in [0.3, 0.4) is 0 Å². The third-order valence-electron chi connectivity index (χ3n) is 4.54. The second-order valence-corrected chi connectivity index (χ2v) is 7.44. The predicted molar refractivity (Wildman–Crippen MR) is 116 cm³/mol. The molecule has 162 valence electrons. The zero-order valence-electron chi connectivity index (χ0n) is 17.3. The van der Waals surface area contributed by atoms with Crippen molar-refractivity contribution in [3.05, 3.63) is 60.4 Å². The van der Waals surface area contributed by atoms with E-state index in [4.69, 9.17) is 4.74 Å². The molecule has 0 bridgehead atoms. The van der Waals surface area contributed by atoms with Gasteiger partial charge in [-0.05, 0) is 50.2 Å². The SMILES string of the molecule is CCN(CC)C(=O)COC(=O)CSc1nnc(-c2ccc(F)cc2)n1-c1ccccc1. The van der Waals surface area contributed by atoms with Crippen molar-refractivity contribution in [3.8, 4) is 17.1 Å². The molecule has 0 radical (unpaired) electrons. The average Bonchev–Trinajstić information content (AvgIpc) is 3.22. The summed E-state index contributed by atoms with van der Waals surface area (Å²) < 4.78 is 20.2. The molecule has 0 spiro atoms. The van der Waals surface area contributed by atoms with Crippen LogP contribution in [0.5, 0.6) is 0 Å². The minimum atomic E-state index is -0.517. The van der Waals surface area contributed by atoms with Gasteiger partial charge in [0.2, 0.25) is 0 Å². The largest absolute Gasteiger partial charge is 0.455 e. The monoisotopic (exact) mass is 442 g/mol. The Labute approximate surface area is 184 Å². The molecule has 3 aromatic rings. The molecular weight excluding hydrogens is 419 g/mol. The van der Waals surface area contributed by atoms with Crippen molar-refractivity contribution in [3.63, 3.8) is 0 Å². The molecule has 0 aliphatic carbocycles. The first kappa shape index (κ1) is 22.5. The summed E-state index contributed by atoms with van der Waals surface area (Å²) in [6, 6.07) is 15.4. The second kappa shape index (κ2) is 10.7. The van der Waals surface area contributed by atoms with Gasteiger partial charge in [0, 0.05) is 24.3 Å². The zero-order chi connectivity index (χ0) is 22.2. The number of likely N-dealkylation sites (N-methyl/N-ethyl adjacent to an activating group) is 1. The van der Waals surface area contributed by atoms with Crippen molar-refractivity contribution in [2.24, 2.45) is 0 Å². The third-order valence-corrected chi connectivity index (χ3v) is 5.44. The number of halogens is 1. The van der Waals surface area contributed by atoms with Gasteiger partial charge in [0.15, 0.2) is 17.6 Å². The Morgan fingerprint density at radius 1 is 1.03 bits per heavy atom. The summed E-state index contributed by atoms with van der Waals surface area (Å²) >= 11 is 1.16. The van der Waals surface area contributed by atoms with Gasteiger partial charge in [0.25, 0.3) is 5.91 Å². The predicted octanol–water partition coefficient (Wildman–Crippen LogP) is 3.58. The number of amides is 1. The van der Waals surface area contributed by atoms with Crippen molar-refractivity contribution in [1.29, 1.82) is 0 Å². The molecule has 0 fully saturated rings. The lowest BCUT2D eigenvalue weighted by atomic mass is 10.2. The quantitative estimate of drug-likeness (QED) is 0.372. The molecule has 0 aliphatic rings. The zero-order valence-corrected chi connectivity index (χ0v) is 18.1. The van der Waals surface area contributed by atoms with Crippen molar-refractivity contribution < 1.29 is 18.7 Å². The number of para-hydroxylation sites is 1. The van der Waals surface area contributed by atoms with Gasteiger partial charge in [0.05, 0.1) is 5.75 Å². The molecule has 1 heterocycles. The normalized spacial score (nSPS) is 10.7. The highest BCUT2D eigenvalue weighted by molar-refractivity contribution is 7.99. The number of aromatic nitrogens is 3. The van der Waals surface area contributed by atoms with Crippen LogP contribution in [0.2, 0.25) is 0 Å². The minimum Gasteiger partial charge on any atom is -0.455 e. The number of ether oxygens (including phenoxy) is 1. The van der Waals surface area contributed by atoms with Crippen LogP contribution in [0.4, 0.5) is 4.39 Å². The first-order valence-electron chi connectivity index (χ1n) is 9.86. The molecule has 0 atom stereocenters. The molecule has 1 aromatic heterocycles. The number of hydrogen-bond acceptors (Lipinski definition) is 6. The van der Waals surface area contributed by atoms with E-state index in [1.807, 2.05) is 44.2 Å². The number of benzene rings is 2. The first-order chi connectivity index (χ1) is 15.0. The van der Waals surface area contributed by atoms with Crippen molar-refractivity contribution in [1.82, 2.24) is 19.7 Å². The summed E-state index contributed by atoms with van der Waals surface area (Å²) in [6.45, 7) is 4.58. The van der Waals surface area contributed by atoms with Crippen LogP contribution < -0.4 is 0 Å². The molecule has 9 heteroatoms. The Morgan fingerprint density at radius 2 is 1.71 bits per heavy atom. The van der Waals surface area contributed by atoms with Crippen LogP contribution in [-0.4, -0.2) is 57.0 Å². The summed E-state index contributed by atoms with van der Waals surface area (Å²) in [6.07, 6.45) is 0. The second-order valence-electron chi connectivity index (χ2n) is 6.50. The van der Waals surface area contributed by atoms with Crippen molar-refractivity contribution in [2.75, 3.05) is 25.4 Å². The van der Waals surface area contributed by atoms with Crippen LogP contribution in [0, 0.1) is 5.82 Å². The summed E-state index contributed by atoms with van der Waals surface area (Å²) in [4.78, 5) is 25.8. The summed E-state index contributed by atoms with van der Waals surface area (Å²) in [5.41, 5.74) is 1.50. The fraction of sp³-hybridized carbons (Fsp3) is 0.273. The Bertz CT molecular complexity index is 1020. The molecule has 7 nitrogen and oxygen atoms in total. The number of hydrogen-bond donors (Lipinski definition) is 0. The molecule has 0 saturated heterocycles. The van der Waals surface area contributed by atoms with Crippen molar-refractivity contribution >= 4 is 23.6 Å². The van der Waals surface area contributed by atoms with E-state index < -0.39 is 5.97 Å². The van der Waals surface area contributed by atoms with Crippen LogP contribution in [0.1, 0.15) is 13.8 Å². The molecule has 3 rings (SSSR count). The lowest BCUT2D eigenvalue weighted by Crippen LogP contribution is -2.34. The maximum absolute atomic E-state index is 13.3. The number of thioether (sulfide) groups is 1. The van der Waals surface area contributed by atoms with Gasteiger partial charge < -0.3 is 9.64 Å². The Morgan fingerprint density at radius 3 is 2.35 bits per heavy atom. The van der Waals surface area contributed by atoms with E-state index in [0.717, 1.165) is 17.4 Å². The highest BCUT2D eigenvalue weighted by atomic mass is 32.2. The molecule has 2 aromatic carbocycles. The average molecular weight is 443 g/mol. The Kier molecular flexibility index (Phi) is 7.77. The van der Waals surface area contributed by atoms with E-state index in [1.54, 1.807) is 21.6 Å². The third kappa shape index (κ3) is 5.69. The molecule has 0 saturated carbocycles. The lowest BCUT2D eigenvalue weighted by Gasteiger charge is -2.18. The van der Waals surface area contributed by atoms with Crippen LogP contribution in [-0.2, 0) is 14.3 Å². The van der Waals surface area contributed by atoms with E-state index in [2.05, 4.69) is 10.2 Å². The van der Waals surface area contributed by atoms with Gasteiger partial charge in [-0.15, -0.1) is 10.2 Å². The highest BCUT2D eigenvalue weighted by Gasteiger charge is 2.18. The minimum absolute atomic E-state index is 0.0279. The fourth-order valence-electron chi connectivity index (χ4n) is 2.93. The summed E-state index contributed by atoms with van der Waals surface area (Å²) in [5, 5.41) is 8.94. The van der Waals surface area contributed by atoms with Gasteiger partial charge in [-0.1, -0.05) is 30.0 Å².